The van der Waals surface area contributed by atoms with E-state index in [2.05, 4.69) is 54.9 Å². The van der Waals surface area contributed by atoms with Crippen LogP contribution >= 0.6 is 22.7 Å². The maximum Gasteiger partial charge on any atom is 0.191 e. The van der Waals surface area contributed by atoms with Crippen LogP contribution in [-0.4, -0.2) is 37.5 Å². The lowest BCUT2D eigenvalue weighted by atomic mass is 9.98. The van der Waals surface area contributed by atoms with E-state index >= 15 is 0 Å². The Morgan fingerprint density at radius 3 is 3.04 bits per heavy atom. The first-order chi connectivity index (χ1) is 11.8. The summed E-state index contributed by atoms with van der Waals surface area (Å²) in [5, 5.41) is 13.3. The number of piperidine rings is 1. The van der Waals surface area contributed by atoms with Gasteiger partial charge in [0.1, 0.15) is 0 Å². The fourth-order valence-corrected chi connectivity index (χ4v) is 4.54. The van der Waals surface area contributed by atoms with Crippen LogP contribution in [0.25, 0.3) is 0 Å². The van der Waals surface area contributed by atoms with Gasteiger partial charge in [-0.2, -0.15) is 11.3 Å². The van der Waals surface area contributed by atoms with E-state index in [-0.39, 0.29) is 0 Å². The van der Waals surface area contributed by atoms with Gasteiger partial charge in [-0.15, -0.1) is 11.3 Å². The van der Waals surface area contributed by atoms with Gasteiger partial charge in [0.2, 0.25) is 0 Å². The van der Waals surface area contributed by atoms with E-state index in [1.54, 1.807) is 11.3 Å². The molecule has 3 heterocycles. The third-order valence-electron chi connectivity index (χ3n) is 4.38. The summed E-state index contributed by atoms with van der Waals surface area (Å²) in [4.78, 5) is 8.39. The maximum atomic E-state index is 4.34. The number of aliphatic imine (C=N–C) groups is 1. The molecule has 0 amide bonds. The van der Waals surface area contributed by atoms with Crippen LogP contribution in [0.4, 0.5) is 0 Å². The van der Waals surface area contributed by atoms with E-state index in [1.165, 1.54) is 36.4 Å². The van der Waals surface area contributed by atoms with E-state index in [0.29, 0.717) is 5.92 Å². The zero-order valence-corrected chi connectivity index (χ0v) is 15.8. The second kappa shape index (κ2) is 9.20. The zero-order valence-electron chi connectivity index (χ0n) is 14.2. The second-order valence-electron chi connectivity index (χ2n) is 6.26. The highest BCUT2D eigenvalue weighted by atomic mass is 32.1. The average molecular weight is 363 g/mol. The molecule has 130 valence electrons. The number of likely N-dealkylation sites (tertiary alicyclic amines) is 1. The molecule has 4 nitrogen and oxygen atoms in total. The first-order valence-corrected chi connectivity index (χ1v) is 10.4. The number of nitrogens with one attached hydrogen (secondary N) is 2. The lowest BCUT2D eigenvalue weighted by Crippen LogP contribution is -2.44. The summed E-state index contributed by atoms with van der Waals surface area (Å²) in [5.74, 6) is 1.59. The van der Waals surface area contributed by atoms with Gasteiger partial charge in [0.05, 0.1) is 0 Å². The standard InChI is InChI=1S/C18H26N4S2/c1-19-18(21-11-16-6-9-23-14-16)20-10-15-4-2-7-22(12-15)13-17-5-3-8-24-17/h3,5-6,8-9,14-15H,2,4,7,10-13H2,1H3,(H2,19,20,21). The Hall–Kier alpha value is -1.37. The van der Waals surface area contributed by atoms with E-state index in [9.17, 15) is 0 Å². The summed E-state index contributed by atoms with van der Waals surface area (Å²) in [6.07, 6.45) is 2.59. The smallest absolute Gasteiger partial charge is 0.191 e. The van der Waals surface area contributed by atoms with E-state index in [0.717, 1.165) is 25.6 Å². The Morgan fingerprint density at radius 1 is 1.33 bits per heavy atom. The highest BCUT2D eigenvalue weighted by molar-refractivity contribution is 7.09. The van der Waals surface area contributed by atoms with Gasteiger partial charge >= 0.3 is 0 Å². The summed E-state index contributed by atoms with van der Waals surface area (Å²) in [7, 11) is 1.84. The molecule has 1 saturated heterocycles. The van der Waals surface area contributed by atoms with Crippen molar-refractivity contribution in [2.45, 2.75) is 25.9 Å². The van der Waals surface area contributed by atoms with E-state index in [4.69, 9.17) is 0 Å². The van der Waals surface area contributed by atoms with E-state index in [1.807, 2.05) is 18.4 Å². The third kappa shape index (κ3) is 5.33. The largest absolute Gasteiger partial charge is 0.356 e. The Bertz CT molecular complexity index is 607. The minimum absolute atomic E-state index is 0.693. The van der Waals surface area contributed by atoms with Crippen LogP contribution in [0.2, 0.25) is 0 Å². The Morgan fingerprint density at radius 2 is 2.29 bits per heavy atom. The number of rotatable bonds is 6. The summed E-state index contributed by atoms with van der Waals surface area (Å²) >= 11 is 3.59. The van der Waals surface area contributed by atoms with Crippen molar-refractivity contribution in [2.75, 3.05) is 26.7 Å². The van der Waals surface area contributed by atoms with Gasteiger partial charge in [-0.1, -0.05) is 6.07 Å². The molecule has 6 heteroatoms. The highest BCUT2D eigenvalue weighted by Crippen LogP contribution is 2.19. The molecule has 24 heavy (non-hydrogen) atoms. The van der Waals surface area contributed by atoms with Crippen molar-refractivity contribution in [1.29, 1.82) is 0 Å². The van der Waals surface area contributed by atoms with Crippen LogP contribution in [0.1, 0.15) is 23.3 Å². The van der Waals surface area contributed by atoms with Gasteiger partial charge in [0.15, 0.2) is 5.96 Å². The van der Waals surface area contributed by atoms with Crippen molar-refractivity contribution in [1.82, 2.24) is 15.5 Å². The van der Waals surface area contributed by atoms with Crippen LogP contribution in [0.3, 0.4) is 0 Å². The second-order valence-corrected chi connectivity index (χ2v) is 8.07. The molecular formula is C18H26N4S2. The van der Waals surface area contributed by atoms with Crippen LogP contribution in [-0.2, 0) is 13.1 Å². The van der Waals surface area contributed by atoms with Crippen molar-refractivity contribution in [3.8, 4) is 0 Å². The predicted molar refractivity (Wildman–Crippen MR) is 105 cm³/mol. The molecule has 0 spiro atoms. The molecule has 1 aliphatic rings. The molecule has 3 rings (SSSR count). The Balaban J connectivity index is 1.41. The summed E-state index contributed by atoms with van der Waals surface area (Å²) in [6.45, 7) is 5.31. The molecule has 0 bridgehead atoms. The number of guanidine groups is 1. The number of hydrogen-bond donors (Lipinski definition) is 2. The molecule has 1 atom stereocenters. The molecule has 0 aliphatic carbocycles. The molecule has 0 aromatic carbocycles. The fraction of sp³-hybridized carbons (Fsp3) is 0.500. The highest BCUT2D eigenvalue weighted by Gasteiger charge is 2.20. The molecule has 1 unspecified atom stereocenters. The Kier molecular flexibility index (Phi) is 6.69. The van der Waals surface area contributed by atoms with Crippen LogP contribution < -0.4 is 10.6 Å². The first-order valence-electron chi connectivity index (χ1n) is 8.54. The lowest BCUT2D eigenvalue weighted by molar-refractivity contribution is 0.169. The van der Waals surface area contributed by atoms with E-state index < -0.39 is 0 Å². The normalized spacial score (nSPS) is 19.4. The van der Waals surface area contributed by atoms with Crippen LogP contribution in [0.5, 0.6) is 0 Å². The molecule has 2 aromatic heterocycles. The van der Waals surface area contributed by atoms with Crippen LogP contribution in [0.15, 0.2) is 39.3 Å². The van der Waals surface area contributed by atoms with Gasteiger partial charge in [-0.05, 0) is 59.1 Å². The fourth-order valence-electron chi connectivity index (χ4n) is 3.13. The quantitative estimate of drug-likeness (QED) is 0.611. The number of hydrogen-bond acceptors (Lipinski definition) is 4. The minimum atomic E-state index is 0.693. The number of thiophene rings is 2. The zero-order chi connectivity index (χ0) is 16.6. The number of nitrogens with zero attached hydrogens (tertiary/aromatic N) is 2. The third-order valence-corrected chi connectivity index (χ3v) is 5.98. The molecule has 0 saturated carbocycles. The molecular weight excluding hydrogens is 336 g/mol. The van der Waals surface area contributed by atoms with Crippen molar-refractivity contribution in [3.05, 3.63) is 44.8 Å². The molecule has 0 radical (unpaired) electrons. The molecule has 1 fully saturated rings. The minimum Gasteiger partial charge on any atom is -0.356 e. The lowest BCUT2D eigenvalue weighted by Gasteiger charge is -2.32. The monoisotopic (exact) mass is 362 g/mol. The van der Waals surface area contributed by atoms with Gasteiger partial charge in [0, 0.05) is 38.1 Å². The molecule has 2 aromatic rings. The first kappa shape index (κ1) is 17.5. The van der Waals surface area contributed by atoms with Crippen molar-refractivity contribution >= 4 is 28.6 Å². The van der Waals surface area contributed by atoms with Crippen molar-refractivity contribution in [3.63, 3.8) is 0 Å². The summed E-state index contributed by atoms with van der Waals surface area (Å²) < 4.78 is 0. The summed E-state index contributed by atoms with van der Waals surface area (Å²) in [5.41, 5.74) is 1.31. The molecule has 2 N–H and O–H groups in total. The maximum absolute atomic E-state index is 4.34. The van der Waals surface area contributed by atoms with Gasteiger partial charge < -0.3 is 10.6 Å². The van der Waals surface area contributed by atoms with Crippen molar-refractivity contribution in [2.24, 2.45) is 10.9 Å². The average Bonchev–Trinajstić information content (AvgIpc) is 3.29. The van der Waals surface area contributed by atoms with Crippen molar-refractivity contribution < 1.29 is 0 Å². The van der Waals surface area contributed by atoms with Crippen LogP contribution in [0, 0.1) is 5.92 Å². The summed E-state index contributed by atoms with van der Waals surface area (Å²) in [6, 6.07) is 6.53. The topological polar surface area (TPSA) is 39.7 Å². The predicted octanol–water partition coefficient (Wildman–Crippen LogP) is 3.39. The van der Waals surface area contributed by atoms with Gasteiger partial charge in [0.25, 0.3) is 0 Å². The SMILES string of the molecule is CN=C(NCc1ccsc1)NCC1CCCN(Cc2cccs2)C1. The van der Waals surface area contributed by atoms with Gasteiger partial charge in [-0.25, -0.2) is 0 Å². The van der Waals surface area contributed by atoms with Gasteiger partial charge in [-0.3, -0.25) is 9.89 Å². The molecule has 1 aliphatic heterocycles. The Labute approximate surface area is 152 Å².